The summed E-state index contributed by atoms with van der Waals surface area (Å²) in [5.41, 5.74) is 0.942. The lowest BCUT2D eigenvalue weighted by Gasteiger charge is -2.35. The maximum atomic E-state index is 12.1. The molecular weight excluding hydrogens is 250 g/mol. The maximum absolute atomic E-state index is 12.1. The number of likely N-dealkylation sites (N-methyl/N-ethyl adjacent to an activating group) is 2. The maximum Gasteiger partial charge on any atom is 0.240 e. The van der Waals surface area contributed by atoms with Crippen LogP contribution in [0.15, 0.2) is 30.3 Å². The number of para-hydroxylation sites is 1. The van der Waals surface area contributed by atoms with E-state index in [-0.39, 0.29) is 18.3 Å². The van der Waals surface area contributed by atoms with Crippen LogP contribution in [0.4, 0.5) is 5.69 Å². The Hall–Kier alpha value is -1.10. The van der Waals surface area contributed by atoms with Crippen molar-refractivity contribution in [2.75, 3.05) is 38.6 Å². The van der Waals surface area contributed by atoms with E-state index >= 15 is 0 Å². The highest BCUT2D eigenvalue weighted by atomic mass is 35.5. The highest BCUT2D eigenvalue weighted by molar-refractivity contribution is 5.94. The number of amides is 1. The quantitative estimate of drug-likeness (QED) is 0.885. The van der Waals surface area contributed by atoms with Crippen molar-refractivity contribution in [3.63, 3.8) is 0 Å². The number of benzene rings is 1. The first-order valence-corrected chi connectivity index (χ1v) is 5.91. The summed E-state index contributed by atoms with van der Waals surface area (Å²) in [6.45, 7) is 2.44. The van der Waals surface area contributed by atoms with Crippen molar-refractivity contribution in [3.05, 3.63) is 30.3 Å². The summed E-state index contributed by atoms with van der Waals surface area (Å²) in [5, 5.41) is 3.21. The number of hydrogen-bond donors (Lipinski definition) is 1. The van der Waals surface area contributed by atoms with Gasteiger partial charge in [-0.1, -0.05) is 18.2 Å². The van der Waals surface area contributed by atoms with Crippen LogP contribution in [0.25, 0.3) is 0 Å². The van der Waals surface area contributed by atoms with Crippen LogP contribution >= 0.6 is 12.4 Å². The van der Waals surface area contributed by atoms with E-state index in [1.807, 2.05) is 44.4 Å². The van der Waals surface area contributed by atoms with Crippen molar-refractivity contribution in [2.24, 2.45) is 0 Å². The first-order chi connectivity index (χ1) is 8.18. The Morgan fingerprint density at radius 1 is 1.28 bits per heavy atom. The zero-order chi connectivity index (χ0) is 12.3. The second kappa shape index (κ2) is 6.73. The summed E-state index contributed by atoms with van der Waals surface area (Å²) >= 11 is 0. The predicted octanol–water partition coefficient (Wildman–Crippen LogP) is 0.975. The van der Waals surface area contributed by atoms with Gasteiger partial charge in [0.1, 0.15) is 0 Å². The van der Waals surface area contributed by atoms with Gasteiger partial charge in [0, 0.05) is 31.9 Å². The lowest BCUT2D eigenvalue weighted by Crippen LogP contribution is -2.57. The molecule has 1 aliphatic heterocycles. The lowest BCUT2D eigenvalue weighted by atomic mass is 10.1. The van der Waals surface area contributed by atoms with Gasteiger partial charge in [0.05, 0.1) is 6.54 Å². The lowest BCUT2D eigenvalue weighted by molar-refractivity contribution is -0.119. The molecule has 100 valence electrons. The smallest absolute Gasteiger partial charge is 0.240 e. The van der Waals surface area contributed by atoms with E-state index in [1.165, 1.54) is 0 Å². The molecule has 0 bridgehead atoms. The van der Waals surface area contributed by atoms with Gasteiger partial charge < -0.3 is 10.2 Å². The Labute approximate surface area is 114 Å². The van der Waals surface area contributed by atoms with E-state index in [0.717, 1.165) is 18.8 Å². The van der Waals surface area contributed by atoms with Crippen molar-refractivity contribution in [1.29, 1.82) is 0 Å². The van der Waals surface area contributed by atoms with Crippen LogP contribution < -0.4 is 10.2 Å². The number of nitrogens with zero attached hydrogens (tertiary/aromatic N) is 2. The van der Waals surface area contributed by atoms with E-state index in [0.29, 0.717) is 12.6 Å². The van der Waals surface area contributed by atoms with Crippen molar-refractivity contribution in [2.45, 2.75) is 6.04 Å². The Morgan fingerprint density at radius 3 is 2.39 bits per heavy atom. The summed E-state index contributed by atoms with van der Waals surface area (Å²) in [4.78, 5) is 15.9. The molecule has 1 aliphatic rings. The third kappa shape index (κ3) is 3.45. The molecule has 5 heteroatoms. The number of rotatable bonds is 4. The number of carbonyl (C=O) groups is 1. The van der Waals surface area contributed by atoms with Gasteiger partial charge in [0.25, 0.3) is 0 Å². The molecule has 0 unspecified atom stereocenters. The molecule has 2 rings (SSSR count). The summed E-state index contributed by atoms with van der Waals surface area (Å²) < 4.78 is 0. The monoisotopic (exact) mass is 269 g/mol. The van der Waals surface area contributed by atoms with Gasteiger partial charge in [-0.3, -0.25) is 9.69 Å². The third-order valence-electron chi connectivity index (χ3n) is 3.29. The number of halogens is 1. The van der Waals surface area contributed by atoms with Crippen LogP contribution in [0, 0.1) is 0 Å². The van der Waals surface area contributed by atoms with E-state index in [4.69, 9.17) is 0 Å². The molecule has 1 amide bonds. The fourth-order valence-corrected chi connectivity index (χ4v) is 1.83. The number of nitrogens with one attached hydrogen (secondary N) is 1. The number of anilines is 1. The average Bonchev–Trinajstić information content (AvgIpc) is 2.26. The van der Waals surface area contributed by atoms with Crippen LogP contribution in [-0.4, -0.2) is 50.6 Å². The van der Waals surface area contributed by atoms with Gasteiger partial charge in [-0.05, 0) is 19.2 Å². The molecule has 1 heterocycles. The highest BCUT2D eigenvalue weighted by Crippen LogP contribution is 2.12. The van der Waals surface area contributed by atoms with Gasteiger partial charge in [0.15, 0.2) is 0 Å². The molecule has 0 spiro atoms. The average molecular weight is 270 g/mol. The Balaban J connectivity index is 0.00000162. The first kappa shape index (κ1) is 15.0. The van der Waals surface area contributed by atoms with Crippen molar-refractivity contribution in [1.82, 2.24) is 10.2 Å². The number of hydrogen-bond acceptors (Lipinski definition) is 3. The minimum absolute atomic E-state index is 0. The Morgan fingerprint density at radius 2 is 1.89 bits per heavy atom. The molecule has 0 radical (unpaired) electrons. The second-order valence-electron chi connectivity index (χ2n) is 4.52. The van der Waals surface area contributed by atoms with Crippen LogP contribution in [0.2, 0.25) is 0 Å². The van der Waals surface area contributed by atoms with E-state index in [9.17, 15) is 4.79 Å². The van der Waals surface area contributed by atoms with Crippen LogP contribution in [0.3, 0.4) is 0 Å². The predicted molar refractivity (Wildman–Crippen MR) is 76.4 cm³/mol. The molecule has 1 aromatic rings. The van der Waals surface area contributed by atoms with Gasteiger partial charge >= 0.3 is 0 Å². The zero-order valence-corrected chi connectivity index (χ0v) is 11.6. The van der Waals surface area contributed by atoms with Gasteiger partial charge in [-0.25, -0.2) is 0 Å². The van der Waals surface area contributed by atoms with Crippen molar-refractivity contribution in [3.8, 4) is 0 Å². The standard InChI is InChI=1S/C13H19N3O.ClH/c1-15(12-8-14-9-12)10-13(17)16(2)11-6-4-3-5-7-11;/h3-7,12,14H,8-10H2,1-2H3;1H. The molecule has 1 N–H and O–H groups in total. The molecule has 1 aromatic carbocycles. The normalized spacial score (nSPS) is 14.8. The molecule has 0 atom stereocenters. The summed E-state index contributed by atoms with van der Waals surface area (Å²) in [5.74, 6) is 0.130. The molecule has 18 heavy (non-hydrogen) atoms. The molecule has 0 saturated carbocycles. The topological polar surface area (TPSA) is 35.6 Å². The number of carbonyl (C=O) groups excluding carboxylic acids is 1. The summed E-state index contributed by atoms with van der Waals surface area (Å²) in [6, 6.07) is 10.2. The van der Waals surface area contributed by atoms with Crippen molar-refractivity contribution < 1.29 is 4.79 Å². The minimum Gasteiger partial charge on any atom is -0.314 e. The third-order valence-corrected chi connectivity index (χ3v) is 3.29. The first-order valence-electron chi connectivity index (χ1n) is 5.91. The fraction of sp³-hybridized carbons (Fsp3) is 0.462. The SMILES string of the molecule is CN(C(=O)CN(C)C1CNC1)c1ccccc1.Cl. The van der Waals surface area contributed by atoms with E-state index in [1.54, 1.807) is 4.90 Å². The summed E-state index contributed by atoms with van der Waals surface area (Å²) in [6.07, 6.45) is 0. The molecular formula is C13H20ClN3O. The molecule has 0 aliphatic carbocycles. The molecule has 0 aromatic heterocycles. The fourth-order valence-electron chi connectivity index (χ4n) is 1.83. The Kier molecular flexibility index (Phi) is 5.59. The van der Waals surface area contributed by atoms with E-state index < -0.39 is 0 Å². The second-order valence-corrected chi connectivity index (χ2v) is 4.52. The largest absolute Gasteiger partial charge is 0.314 e. The van der Waals surface area contributed by atoms with Crippen LogP contribution in [0.1, 0.15) is 0 Å². The van der Waals surface area contributed by atoms with Gasteiger partial charge in [0.2, 0.25) is 5.91 Å². The molecule has 1 saturated heterocycles. The van der Waals surface area contributed by atoms with Crippen LogP contribution in [0.5, 0.6) is 0 Å². The highest BCUT2D eigenvalue weighted by Gasteiger charge is 2.24. The zero-order valence-electron chi connectivity index (χ0n) is 10.8. The van der Waals surface area contributed by atoms with E-state index in [2.05, 4.69) is 10.2 Å². The van der Waals surface area contributed by atoms with Crippen LogP contribution in [-0.2, 0) is 4.79 Å². The van der Waals surface area contributed by atoms with Crippen molar-refractivity contribution >= 4 is 24.0 Å². The summed E-state index contributed by atoms with van der Waals surface area (Å²) in [7, 11) is 3.83. The molecule has 4 nitrogen and oxygen atoms in total. The Bertz CT molecular complexity index is 381. The van der Waals surface area contributed by atoms with Gasteiger partial charge in [-0.2, -0.15) is 0 Å². The van der Waals surface area contributed by atoms with Gasteiger partial charge in [-0.15, -0.1) is 12.4 Å². The molecule has 1 fully saturated rings. The minimum atomic E-state index is 0.